The van der Waals surface area contributed by atoms with Crippen LogP contribution < -0.4 is 11.8 Å². The van der Waals surface area contributed by atoms with Crippen LogP contribution in [-0.4, -0.2) is 0 Å². The fraction of sp³-hybridized carbons (Fsp3) is 0.600. The molecule has 2 aliphatic carbocycles. The number of allylic oxidation sites excluding steroid dienone is 7. The Morgan fingerprint density at radius 2 is 1.67 bits per heavy atom. The minimum atomic E-state index is 0.113. The molecule has 0 aromatic heterocycles. The first kappa shape index (κ1) is 18.8. The third-order valence-corrected chi connectivity index (χ3v) is 5.00. The number of rotatable bonds is 9. The van der Waals surface area contributed by atoms with Crippen molar-refractivity contribution in [2.45, 2.75) is 71.6 Å². The average Bonchev–Trinajstić information content (AvgIpc) is 2.64. The summed E-state index contributed by atoms with van der Waals surface area (Å²) in [6.45, 7) is 4.45. The van der Waals surface area contributed by atoms with Crippen molar-refractivity contribution in [2.24, 2.45) is 17.7 Å². The number of hydrogen-bond donors (Lipinski definition) is 2. The van der Waals surface area contributed by atoms with Crippen molar-refractivity contribution in [1.29, 1.82) is 0 Å². The van der Waals surface area contributed by atoms with Gasteiger partial charge in [0.15, 0.2) is 0 Å². The van der Waals surface area contributed by atoms with Crippen LogP contribution in [0.15, 0.2) is 46.5 Å². The molecule has 0 aromatic carbocycles. The van der Waals surface area contributed by atoms with Gasteiger partial charge in [-0.05, 0) is 44.6 Å². The molecule has 0 radical (unpaired) electrons. The van der Waals surface area contributed by atoms with Gasteiger partial charge < -0.3 is 9.68 Å². The van der Waals surface area contributed by atoms with Crippen LogP contribution in [-0.2, 0) is 9.68 Å². The van der Waals surface area contributed by atoms with Crippen molar-refractivity contribution in [1.82, 2.24) is 0 Å². The lowest BCUT2D eigenvalue weighted by atomic mass is 9.80. The minimum absolute atomic E-state index is 0.113. The third-order valence-electron chi connectivity index (χ3n) is 5.00. The molecule has 0 amide bonds. The molecule has 0 saturated carbocycles. The van der Waals surface area contributed by atoms with E-state index in [0.29, 0.717) is 0 Å². The van der Waals surface area contributed by atoms with E-state index in [1.54, 1.807) is 0 Å². The zero-order chi connectivity index (χ0) is 17.4. The largest absolute Gasteiger partial charge is 0.416 e. The predicted molar refractivity (Wildman–Crippen MR) is 98.2 cm³/mol. The van der Waals surface area contributed by atoms with Gasteiger partial charge in [0.25, 0.3) is 0 Å². The molecular weight excluding hydrogens is 300 g/mol. The number of nitrogens with two attached hydrogens (primary N) is 2. The first-order valence-electron chi connectivity index (χ1n) is 9.29. The quantitative estimate of drug-likeness (QED) is 0.586. The maximum absolute atomic E-state index is 5.55. The maximum Gasteiger partial charge on any atom is 0.131 e. The lowest BCUT2D eigenvalue weighted by Gasteiger charge is -2.28. The van der Waals surface area contributed by atoms with E-state index in [4.69, 9.17) is 21.5 Å². The summed E-state index contributed by atoms with van der Waals surface area (Å²) < 4.78 is 0. The van der Waals surface area contributed by atoms with Crippen molar-refractivity contribution in [3.63, 3.8) is 0 Å². The van der Waals surface area contributed by atoms with Crippen LogP contribution in [0.1, 0.15) is 71.6 Å². The van der Waals surface area contributed by atoms with E-state index in [1.807, 2.05) is 6.08 Å². The Morgan fingerprint density at radius 3 is 2.29 bits per heavy atom. The Bertz CT molecular complexity index is 544. The molecule has 134 valence electrons. The van der Waals surface area contributed by atoms with Crippen molar-refractivity contribution in [2.75, 3.05) is 0 Å². The molecule has 0 heterocycles. The number of unbranched alkanes of at least 4 members (excludes halogenated alkanes) is 2. The van der Waals surface area contributed by atoms with Gasteiger partial charge in [0.2, 0.25) is 0 Å². The SMILES string of the molecule is CCCCC1=CC(C2CC(CCCC)=CC=C2ON)=C(ON)CC1. The van der Waals surface area contributed by atoms with Crippen molar-refractivity contribution >= 4 is 0 Å². The van der Waals surface area contributed by atoms with E-state index in [9.17, 15) is 0 Å². The van der Waals surface area contributed by atoms with E-state index in [-0.39, 0.29) is 5.92 Å². The summed E-state index contributed by atoms with van der Waals surface area (Å²) in [6.07, 6.45) is 16.4. The fourth-order valence-electron chi connectivity index (χ4n) is 3.53. The molecule has 1 unspecified atom stereocenters. The summed E-state index contributed by atoms with van der Waals surface area (Å²) in [7, 11) is 0. The second kappa shape index (κ2) is 9.70. The highest BCUT2D eigenvalue weighted by molar-refractivity contribution is 5.40. The summed E-state index contributed by atoms with van der Waals surface area (Å²) >= 11 is 0. The van der Waals surface area contributed by atoms with Crippen molar-refractivity contribution < 1.29 is 9.68 Å². The Labute approximate surface area is 146 Å². The first-order chi connectivity index (χ1) is 11.7. The van der Waals surface area contributed by atoms with Crippen LogP contribution in [0, 0.1) is 5.92 Å². The Balaban J connectivity index is 2.24. The summed E-state index contributed by atoms with van der Waals surface area (Å²) in [5.41, 5.74) is 4.07. The summed E-state index contributed by atoms with van der Waals surface area (Å²) in [6, 6.07) is 0. The Morgan fingerprint density at radius 1 is 0.958 bits per heavy atom. The van der Waals surface area contributed by atoms with Crippen molar-refractivity contribution in [3.05, 3.63) is 46.5 Å². The molecule has 0 aliphatic heterocycles. The predicted octanol–water partition coefficient (Wildman–Crippen LogP) is 4.95. The van der Waals surface area contributed by atoms with Gasteiger partial charge in [-0.2, -0.15) is 11.8 Å². The van der Waals surface area contributed by atoms with Crippen LogP contribution in [0.3, 0.4) is 0 Å². The Kier molecular flexibility index (Phi) is 7.60. The third kappa shape index (κ3) is 4.74. The van der Waals surface area contributed by atoms with E-state index < -0.39 is 0 Å². The molecule has 24 heavy (non-hydrogen) atoms. The van der Waals surface area contributed by atoms with Gasteiger partial charge in [0.05, 0.1) is 5.92 Å². The zero-order valence-corrected chi connectivity index (χ0v) is 15.1. The second-order valence-electron chi connectivity index (χ2n) is 6.77. The summed E-state index contributed by atoms with van der Waals surface area (Å²) in [5, 5.41) is 0. The molecule has 0 bridgehead atoms. The van der Waals surface area contributed by atoms with Crippen LogP contribution in [0.2, 0.25) is 0 Å². The highest BCUT2D eigenvalue weighted by Gasteiger charge is 2.28. The maximum atomic E-state index is 5.55. The van der Waals surface area contributed by atoms with Gasteiger partial charge >= 0.3 is 0 Å². The molecule has 2 aliphatic rings. The van der Waals surface area contributed by atoms with Gasteiger partial charge in [-0.1, -0.05) is 50.0 Å². The summed E-state index contributed by atoms with van der Waals surface area (Å²) in [5.74, 6) is 12.9. The highest BCUT2D eigenvalue weighted by atomic mass is 16.6. The normalized spacial score (nSPS) is 21.2. The lowest BCUT2D eigenvalue weighted by Crippen LogP contribution is -2.20. The molecule has 0 spiro atoms. The topological polar surface area (TPSA) is 70.5 Å². The van der Waals surface area contributed by atoms with Crippen LogP contribution in [0.4, 0.5) is 0 Å². The van der Waals surface area contributed by atoms with E-state index in [0.717, 1.165) is 49.2 Å². The fourth-order valence-corrected chi connectivity index (χ4v) is 3.53. The van der Waals surface area contributed by atoms with Gasteiger partial charge in [0, 0.05) is 12.0 Å². The molecule has 0 fully saturated rings. The van der Waals surface area contributed by atoms with E-state index >= 15 is 0 Å². The molecule has 4 N–H and O–H groups in total. The van der Waals surface area contributed by atoms with Crippen molar-refractivity contribution in [3.8, 4) is 0 Å². The van der Waals surface area contributed by atoms with Crippen LogP contribution in [0.5, 0.6) is 0 Å². The monoisotopic (exact) mass is 332 g/mol. The second-order valence-corrected chi connectivity index (χ2v) is 6.77. The standard InChI is InChI=1S/C20H32N2O2/c1-3-5-7-15-9-11-19(23-21)17(13-15)18-14-16(8-6-4-2)10-12-20(18)24-22/h9,11,14,17H,3-8,10,12-13,21-22H2,1-2H3. The van der Waals surface area contributed by atoms with Gasteiger partial charge in [-0.3, -0.25) is 0 Å². The Hall–Kier alpha value is -1.52. The number of hydrogen-bond acceptors (Lipinski definition) is 4. The average molecular weight is 332 g/mol. The first-order valence-corrected chi connectivity index (χ1v) is 9.29. The zero-order valence-electron chi connectivity index (χ0n) is 15.1. The molecule has 4 nitrogen and oxygen atoms in total. The van der Waals surface area contributed by atoms with E-state index in [2.05, 4.69) is 26.0 Å². The smallest absolute Gasteiger partial charge is 0.131 e. The lowest BCUT2D eigenvalue weighted by molar-refractivity contribution is 0.176. The van der Waals surface area contributed by atoms with Crippen LogP contribution in [0.25, 0.3) is 0 Å². The highest BCUT2D eigenvalue weighted by Crippen LogP contribution is 2.39. The summed E-state index contributed by atoms with van der Waals surface area (Å²) in [4.78, 5) is 10.4. The van der Waals surface area contributed by atoms with Gasteiger partial charge in [-0.25, -0.2) is 0 Å². The molecule has 2 rings (SSSR count). The van der Waals surface area contributed by atoms with E-state index in [1.165, 1.54) is 36.8 Å². The molecular formula is C20H32N2O2. The molecule has 0 saturated heterocycles. The molecule has 1 atom stereocenters. The molecule has 4 heteroatoms. The minimum Gasteiger partial charge on any atom is -0.416 e. The van der Waals surface area contributed by atoms with Gasteiger partial charge in [0.1, 0.15) is 11.5 Å². The van der Waals surface area contributed by atoms with Crippen LogP contribution >= 0.6 is 0 Å². The molecule has 0 aromatic rings. The van der Waals surface area contributed by atoms with Gasteiger partial charge in [-0.15, -0.1) is 0 Å².